The minimum Gasteiger partial charge on any atom is -0.379 e. The number of hydrogen-bond acceptors (Lipinski definition) is 4. The Bertz CT molecular complexity index is 872. The molecular formula is C21H26ClN3O2. The van der Waals surface area contributed by atoms with Gasteiger partial charge in [-0.15, -0.1) is 0 Å². The molecule has 1 aromatic carbocycles. The van der Waals surface area contributed by atoms with E-state index < -0.39 is 0 Å². The van der Waals surface area contributed by atoms with E-state index in [9.17, 15) is 4.79 Å². The zero-order valence-electron chi connectivity index (χ0n) is 16.0. The maximum absolute atomic E-state index is 11.5. The molecule has 4 atom stereocenters. The van der Waals surface area contributed by atoms with E-state index in [1.165, 1.54) is 5.56 Å². The van der Waals surface area contributed by atoms with Crippen LogP contribution in [0, 0.1) is 18.8 Å². The third-order valence-electron chi connectivity index (χ3n) is 6.10. The number of anilines is 1. The number of halogens is 1. The predicted molar refractivity (Wildman–Crippen MR) is 108 cm³/mol. The summed E-state index contributed by atoms with van der Waals surface area (Å²) in [6.45, 7) is 5.65. The number of ether oxygens (including phenoxy) is 1. The molecule has 2 aliphatic rings. The van der Waals surface area contributed by atoms with Crippen molar-refractivity contribution in [2.75, 3.05) is 25.1 Å². The van der Waals surface area contributed by atoms with Gasteiger partial charge < -0.3 is 15.0 Å². The number of nitrogens with zero attached hydrogens (tertiary/aromatic N) is 2. The number of hydrogen-bond donors (Lipinski definition) is 1. The molecule has 1 amide bonds. The quantitative estimate of drug-likeness (QED) is 0.874. The lowest BCUT2D eigenvalue weighted by atomic mass is 9.77. The fourth-order valence-corrected chi connectivity index (χ4v) is 4.96. The Morgan fingerprint density at radius 3 is 2.70 bits per heavy atom. The molecule has 0 radical (unpaired) electrons. The summed E-state index contributed by atoms with van der Waals surface area (Å²) in [5.41, 5.74) is 2.16. The van der Waals surface area contributed by atoms with Gasteiger partial charge in [-0.1, -0.05) is 17.7 Å². The summed E-state index contributed by atoms with van der Waals surface area (Å²) in [6, 6.07) is 8.15. The molecule has 144 valence electrons. The van der Waals surface area contributed by atoms with Crippen molar-refractivity contribution in [1.82, 2.24) is 10.3 Å². The van der Waals surface area contributed by atoms with Crippen molar-refractivity contribution in [3.8, 4) is 0 Å². The number of carbonyl (C=O) groups excluding carboxylic acids is 1. The first-order valence-electron chi connectivity index (χ1n) is 9.56. The summed E-state index contributed by atoms with van der Waals surface area (Å²) < 4.78 is 5.68. The van der Waals surface area contributed by atoms with Gasteiger partial charge in [-0.3, -0.25) is 4.79 Å². The summed E-state index contributed by atoms with van der Waals surface area (Å²) in [5.74, 6) is 2.14. The van der Waals surface area contributed by atoms with Crippen molar-refractivity contribution in [2.45, 2.75) is 38.8 Å². The molecule has 4 rings (SSSR count). The van der Waals surface area contributed by atoms with Crippen molar-refractivity contribution < 1.29 is 9.53 Å². The number of aryl methyl sites for hydroxylation is 1. The Labute approximate surface area is 165 Å². The highest BCUT2D eigenvalue weighted by Crippen LogP contribution is 2.39. The molecule has 1 N–H and O–H groups in total. The first kappa shape index (κ1) is 18.5. The van der Waals surface area contributed by atoms with E-state index in [1.54, 1.807) is 14.0 Å². The summed E-state index contributed by atoms with van der Waals surface area (Å²) in [5, 5.41) is 4.93. The van der Waals surface area contributed by atoms with Gasteiger partial charge in [0.05, 0.1) is 17.7 Å². The van der Waals surface area contributed by atoms with Crippen LogP contribution in [0.15, 0.2) is 24.3 Å². The molecule has 2 aromatic rings. The van der Waals surface area contributed by atoms with Crippen molar-refractivity contribution in [3.05, 3.63) is 34.9 Å². The lowest BCUT2D eigenvalue weighted by Gasteiger charge is -2.37. The maximum atomic E-state index is 11.5. The highest BCUT2D eigenvalue weighted by Gasteiger charge is 2.43. The maximum Gasteiger partial charge on any atom is 0.217 e. The van der Waals surface area contributed by atoms with Gasteiger partial charge in [0.1, 0.15) is 5.82 Å². The lowest BCUT2D eigenvalue weighted by molar-refractivity contribution is -0.121. The smallest absolute Gasteiger partial charge is 0.217 e. The molecule has 0 bridgehead atoms. The van der Waals surface area contributed by atoms with Crippen LogP contribution in [0.25, 0.3) is 10.9 Å². The Balaban J connectivity index is 1.57. The molecule has 2 heterocycles. The van der Waals surface area contributed by atoms with Gasteiger partial charge in [0, 0.05) is 37.5 Å². The molecule has 1 aromatic heterocycles. The van der Waals surface area contributed by atoms with Crippen LogP contribution in [-0.4, -0.2) is 43.2 Å². The largest absolute Gasteiger partial charge is 0.379 e. The predicted octanol–water partition coefficient (Wildman–Crippen LogP) is 3.56. The van der Waals surface area contributed by atoms with Gasteiger partial charge in [0.2, 0.25) is 5.91 Å². The van der Waals surface area contributed by atoms with E-state index in [0.717, 1.165) is 42.7 Å². The SMILES string of the molecule is CO[C@@H]1C[C@H]2CN(c3cc(C)c4ccc(Cl)cc4n3)C[C@H]2C[C@H]1NC(C)=O. The molecule has 5 nitrogen and oxygen atoms in total. The molecule has 27 heavy (non-hydrogen) atoms. The fourth-order valence-electron chi connectivity index (χ4n) is 4.79. The molecule has 6 heteroatoms. The highest BCUT2D eigenvalue weighted by molar-refractivity contribution is 6.31. The molecule has 1 aliphatic heterocycles. The van der Waals surface area contributed by atoms with Crippen LogP contribution in [0.1, 0.15) is 25.3 Å². The van der Waals surface area contributed by atoms with Crippen LogP contribution in [0.5, 0.6) is 0 Å². The number of benzene rings is 1. The molecule has 0 unspecified atom stereocenters. The molecule has 0 spiro atoms. The van der Waals surface area contributed by atoms with E-state index in [0.29, 0.717) is 16.9 Å². The standard InChI is InChI=1S/C21H26ClN3O2/c1-12-6-21(24-18-9-16(22)4-5-17(12)18)25-10-14-7-19(23-13(2)26)20(27-3)8-15(14)11-25/h4-6,9,14-15,19-20H,7-8,10-11H2,1-3H3,(H,23,26)/t14-,15+,19-,20-/m1/s1. The van der Waals surface area contributed by atoms with Crippen LogP contribution in [0.4, 0.5) is 5.82 Å². The van der Waals surface area contributed by atoms with Crippen LogP contribution < -0.4 is 10.2 Å². The van der Waals surface area contributed by atoms with Gasteiger partial charge in [0.15, 0.2) is 0 Å². The van der Waals surface area contributed by atoms with E-state index in [-0.39, 0.29) is 18.1 Å². The molecule has 1 aliphatic carbocycles. The zero-order chi connectivity index (χ0) is 19.1. The van der Waals surface area contributed by atoms with Crippen molar-refractivity contribution >= 4 is 34.2 Å². The average Bonchev–Trinajstić information content (AvgIpc) is 3.02. The number of nitrogens with one attached hydrogen (secondary N) is 1. The number of rotatable bonds is 3. The highest BCUT2D eigenvalue weighted by atomic mass is 35.5. The first-order valence-corrected chi connectivity index (χ1v) is 9.94. The fraction of sp³-hybridized carbons (Fsp3) is 0.524. The van der Waals surface area contributed by atoms with Gasteiger partial charge in [0.25, 0.3) is 0 Å². The third-order valence-corrected chi connectivity index (χ3v) is 6.33. The summed E-state index contributed by atoms with van der Waals surface area (Å²) in [6.07, 6.45) is 2.01. The minimum absolute atomic E-state index is 0.0130. The van der Waals surface area contributed by atoms with Crippen molar-refractivity contribution in [2.24, 2.45) is 11.8 Å². The van der Waals surface area contributed by atoms with E-state index >= 15 is 0 Å². The second-order valence-electron chi connectivity index (χ2n) is 7.94. The number of amides is 1. The Kier molecular flexibility index (Phi) is 4.99. The van der Waals surface area contributed by atoms with Crippen LogP contribution in [0.3, 0.4) is 0 Å². The van der Waals surface area contributed by atoms with Crippen molar-refractivity contribution in [3.63, 3.8) is 0 Å². The Hall–Kier alpha value is -1.85. The first-order chi connectivity index (χ1) is 12.9. The number of fused-ring (bicyclic) bond motifs is 2. The second kappa shape index (κ2) is 7.28. The number of methoxy groups -OCH3 is 1. The van der Waals surface area contributed by atoms with Gasteiger partial charge in [-0.25, -0.2) is 4.98 Å². The van der Waals surface area contributed by atoms with Crippen LogP contribution in [0.2, 0.25) is 5.02 Å². The molecular weight excluding hydrogens is 362 g/mol. The van der Waals surface area contributed by atoms with Gasteiger partial charge >= 0.3 is 0 Å². The normalized spacial score (nSPS) is 27.6. The molecule has 2 fully saturated rings. The van der Waals surface area contributed by atoms with E-state index in [2.05, 4.69) is 23.2 Å². The second-order valence-corrected chi connectivity index (χ2v) is 8.37. The molecule has 1 saturated carbocycles. The monoisotopic (exact) mass is 387 g/mol. The zero-order valence-corrected chi connectivity index (χ0v) is 16.8. The summed E-state index contributed by atoms with van der Waals surface area (Å²) in [4.78, 5) is 18.8. The third kappa shape index (κ3) is 3.63. The van der Waals surface area contributed by atoms with Gasteiger partial charge in [-0.2, -0.15) is 0 Å². The number of carbonyl (C=O) groups is 1. The summed E-state index contributed by atoms with van der Waals surface area (Å²) in [7, 11) is 1.74. The average molecular weight is 388 g/mol. The Morgan fingerprint density at radius 2 is 2.00 bits per heavy atom. The summed E-state index contributed by atoms with van der Waals surface area (Å²) >= 11 is 6.17. The van der Waals surface area contributed by atoms with Crippen molar-refractivity contribution in [1.29, 1.82) is 0 Å². The number of aromatic nitrogens is 1. The van der Waals surface area contributed by atoms with Crippen LogP contribution in [-0.2, 0) is 9.53 Å². The Morgan fingerprint density at radius 1 is 1.26 bits per heavy atom. The van der Waals surface area contributed by atoms with Crippen LogP contribution >= 0.6 is 11.6 Å². The lowest BCUT2D eigenvalue weighted by Crippen LogP contribution is -2.49. The minimum atomic E-state index is 0.0130. The van der Waals surface area contributed by atoms with Gasteiger partial charge in [-0.05, 0) is 55.4 Å². The molecule has 1 saturated heterocycles. The van der Waals surface area contributed by atoms with E-state index in [4.69, 9.17) is 21.3 Å². The van der Waals surface area contributed by atoms with E-state index in [1.807, 2.05) is 18.2 Å². The topological polar surface area (TPSA) is 54.5 Å². The number of pyridine rings is 1.